The number of hydrogen-bond donors (Lipinski definition) is 0. The molecule has 0 N–H and O–H groups in total. The van der Waals surface area contributed by atoms with Crippen LogP contribution in [-0.2, 0) is 28.5 Å². The Kier molecular flexibility index (Phi) is 35.1. The normalized spacial score (nSPS) is 21.8. The van der Waals surface area contributed by atoms with Gasteiger partial charge in [-0.1, -0.05) is 128 Å². The van der Waals surface area contributed by atoms with Crippen molar-refractivity contribution >= 4 is 87.8 Å². The average molecular weight is 1160 g/mol. The molecule has 2 saturated carbocycles. The molecule has 4 aliphatic rings. The van der Waals surface area contributed by atoms with E-state index in [2.05, 4.69) is 90.3 Å². The minimum absolute atomic E-state index is 0.00395. The molecule has 0 unspecified atom stereocenters. The van der Waals surface area contributed by atoms with Crippen molar-refractivity contribution in [2.24, 2.45) is 22.7 Å². The number of methoxy groups -OCH3 is 2. The number of hydrogen-bond acceptors (Lipinski definition) is 6. The summed E-state index contributed by atoms with van der Waals surface area (Å²) in [6.45, 7) is 10.4. The fourth-order valence-corrected chi connectivity index (χ4v) is 9.87. The van der Waals surface area contributed by atoms with E-state index in [1.807, 2.05) is 2.99 Å². The second-order valence-corrected chi connectivity index (χ2v) is 21.4. The van der Waals surface area contributed by atoms with Gasteiger partial charge in [0.25, 0.3) is 2.99 Å². The van der Waals surface area contributed by atoms with Crippen LogP contribution < -0.4 is 0 Å². The van der Waals surface area contributed by atoms with Crippen LogP contribution in [0.1, 0.15) is 207 Å². The molecular formula is C48H84B2I3O6. The van der Waals surface area contributed by atoms with Crippen LogP contribution in [0.25, 0.3) is 0 Å². The molecule has 0 aromatic rings. The van der Waals surface area contributed by atoms with Crippen molar-refractivity contribution in [2.75, 3.05) is 27.4 Å². The van der Waals surface area contributed by atoms with E-state index in [0.29, 0.717) is 0 Å². The van der Waals surface area contributed by atoms with Crippen LogP contribution in [0.2, 0.25) is 0 Å². The molecule has 4 atom stereocenters. The molecule has 0 aromatic heterocycles. The van der Waals surface area contributed by atoms with Gasteiger partial charge in [-0.3, -0.25) is 9.59 Å². The van der Waals surface area contributed by atoms with Gasteiger partial charge in [-0.25, -0.2) is 0 Å². The lowest BCUT2D eigenvalue weighted by Gasteiger charge is -2.34. The quantitative estimate of drug-likeness (QED) is 0.0354. The highest BCUT2D eigenvalue weighted by molar-refractivity contribution is 14.3. The maximum atomic E-state index is 12.8. The fourth-order valence-electron chi connectivity index (χ4n) is 9.87. The number of esters is 2. The Morgan fingerprint density at radius 2 is 0.983 bits per heavy atom. The maximum absolute atomic E-state index is 12.8. The first kappa shape index (κ1) is 57.7. The molecule has 0 aromatic carbocycles. The summed E-state index contributed by atoms with van der Waals surface area (Å²) >= 11 is 5.95. The zero-order valence-electron chi connectivity index (χ0n) is 38.4. The van der Waals surface area contributed by atoms with E-state index in [1.165, 1.54) is 114 Å². The molecule has 6 nitrogen and oxygen atoms in total. The predicted molar refractivity (Wildman–Crippen MR) is 277 cm³/mol. The van der Waals surface area contributed by atoms with E-state index in [0.717, 1.165) is 102 Å². The van der Waals surface area contributed by atoms with E-state index >= 15 is 0 Å². The number of rotatable bonds is 22. The van der Waals surface area contributed by atoms with Gasteiger partial charge < -0.3 is 18.9 Å². The van der Waals surface area contributed by atoms with Crippen LogP contribution in [0.3, 0.4) is 0 Å². The Balaban J connectivity index is 0.000000532. The van der Waals surface area contributed by atoms with Gasteiger partial charge in [-0.05, 0) is 115 Å². The number of unbranched alkanes of at least 4 members (excludes halogenated alkanes) is 2. The van der Waals surface area contributed by atoms with Gasteiger partial charge >= 0.3 is 11.9 Å². The van der Waals surface area contributed by atoms with Crippen LogP contribution in [0.5, 0.6) is 0 Å². The topological polar surface area (TPSA) is 71.1 Å². The largest absolute Gasteiger partial charge is 0.469 e. The maximum Gasteiger partial charge on any atom is 0.312 e. The monoisotopic (exact) mass is 1160 g/mol. The third kappa shape index (κ3) is 22.9. The lowest BCUT2D eigenvalue weighted by Crippen LogP contribution is -2.34. The number of allylic oxidation sites excluding steroid dienone is 2. The first-order chi connectivity index (χ1) is 28.7. The third-order valence-corrected chi connectivity index (χ3v) is 13.7. The minimum atomic E-state index is -0.344. The first-order valence-corrected chi connectivity index (χ1v) is 27.4. The summed E-state index contributed by atoms with van der Waals surface area (Å²) in [4.78, 5) is 25.6. The zero-order chi connectivity index (χ0) is 43.8. The summed E-state index contributed by atoms with van der Waals surface area (Å²) in [7, 11) is 3.11. The van der Waals surface area contributed by atoms with Gasteiger partial charge in [0.1, 0.15) is 0 Å². The summed E-state index contributed by atoms with van der Waals surface area (Å²) in [5, 5.41) is 0. The Morgan fingerprint density at radius 3 is 1.29 bits per heavy atom. The second-order valence-electron chi connectivity index (χ2n) is 17.7. The molecule has 339 valence electrons. The van der Waals surface area contributed by atoms with Crippen molar-refractivity contribution in [3.05, 3.63) is 23.3 Å². The highest BCUT2D eigenvalue weighted by Gasteiger charge is 2.40. The van der Waals surface area contributed by atoms with E-state index in [4.69, 9.17) is 18.9 Å². The molecule has 3 radical (unpaired) electrons. The van der Waals surface area contributed by atoms with Crippen molar-refractivity contribution in [1.82, 2.24) is 0 Å². The van der Waals surface area contributed by atoms with Gasteiger partial charge in [0.2, 0.25) is 0 Å². The van der Waals surface area contributed by atoms with Crippen LogP contribution in [0, 0.1) is 22.7 Å². The molecule has 0 spiro atoms. The Bertz CT molecular complexity index is 1060. The molecule has 59 heavy (non-hydrogen) atoms. The van der Waals surface area contributed by atoms with Gasteiger partial charge in [-0.15, -0.1) is 44.7 Å². The summed E-state index contributed by atoms with van der Waals surface area (Å²) in [6, 6.07) is 0. The Hall–Kier alpha value is 0.660. The van der Waals surface area contributed by atoms with E-state index in [9.17, 15) is 9.59 Å². The molecule has 4 aliphatic carbocycles. The zero-order valence-corrected chi connectivity index (χ0v) is 44.9. The highest BCUT2D eigenvalue weighted by Crippen LogP contribution is 2.43. The predicted octanol–water partition coefficient (Wildman–Crippen LogP) is 15.1. The molecule has 4 rings (SSSR count). The van der Waals surface area contributed by atoms with Crippen molar-refractivity contribution in [1.29, 1.82) is 0 Å². The van der Waals surface area contributed by atoms with Crippen LogP contribution in [0.15, 0.2) is 23.3 Å². The molecular weight excluding hydrogens is 1070 g/mol. The lowest BCUT2D eigenvalue weighted by molar-refractivity contribution is -0.154. The molecule has 0 bridgehead atoms. The fraction of sp³-hybridized carbons (Fsp3) is 0.875. The minimum Gasteiger partial charge on any atom is -0.469 e. The van der Waals surface area contributed by atoms with Crippen molar-refractivity contribution < 1.29 is 28.5 Å². The van der Waals surface area contributed by atoms with Gasteiger partial charge in [0.15, 0.2) is 5.70 Å². The Morgan fingerprint density at radius 1 is 0.627 bits per heavy atom. The van der Waals surface area contributed by atoms with Crippen LogP contribution >= 0.6 is 67.1 Å². The standard InChI is InChI=1S/2C24H42O3.BI2.BI/c2*1-4-6-17-27-22-14-10-13-21(18-22)19-24(5-2,23(25)26-3)16-15-20-11-8-7-9-12-20;2-1-3;1-2/h2*18,20,22H,4-17,19H2,1-3H3;;/t2*22-,24+;;/m11../s1. The third-order valence-electron chi connectivity index (χ3n) is 13.7. The number of ether oxygens (including phenoxy) is 4. The van der Waals surface area contributed by atoms with E-state index < -0.39 is 0 Å². The summed E-state index contributed by atoms with van der Waals surface area (Å²) < 4.78 is 24.6. The van der Waals surface area contributed by atoms with Gasteiger partial charge in [-0.2, -0.15) is 22.4 Å². The van der Waals surface area contributed by atoms with Crippen molar-refractivity contribution in [2.45, 2.75) is 220 Å². The SMILES string of the molecule is CCCCO[C@H]1C=C(C[C@](CC)(CCC2CCCCC2)C(=O)OC)CCC1.CCCCO[C@H]1C=C(C[C@](CC)(CCC2CCCCC2)C(=O)OC)CCC1.I[B]I.[B]I. The number of halogens is 3. The van der Waals surface area contributed by atoms with Crippen LogP contribution in [0.4, 0.5) is 0 Å². The summed E-state index contributed by atoms with van der Waals surface area (Å²) in [5.74, 6) is 1.60. The van der Waals surface area contributed by atoms with E-state index in [1.54, 1.807) is 36.6 Å². The highest BCUT2D eigenvalue weighted by atomic mass is 127. The average Bonchev–Trinajstić information content (AvgIpc) is 3.28. The summed E-state index contributed by atoms with van der Waals surface area (Å²) in [5.41, 5.74) is 6.61. The first-order valence-electron chi connectivity index (χ1n) is 23.7. The van der Waals surface area contributed by atoms with Gasteiger partial charge in [0.05, 0.1) is 37.3 Å². The number of carbonyl (C=O) groups is 2. The molecule has 0 aliphatic heterocycles. The van der Waals surface area contributed by atoms with Gasteiger partial charge in [0, 0.05) is 13.2 Å². The molecule has 0 amide bonds. The summed E-state index contributed by atoms with van der Waals surface area (Å²) in [6.07, 6.45) is 37.9. The lowest BCUT2D eigenvalue weighted by atomic mass is 9.71. The molecule has 11 heteroatoms. The molecule has 0 saturated heterocycles. The Labute approximate surface area is 405 Å². The second kappa shape index (κ2) is 35.9. The number of carbonyl (C=O) groups excluding carboxylic acids is 2. The molecule has 2 fully saturated rings. The van der Waals surface area contributed by atoms with Crippen molar-refractivity contribution in [3.63, 3.8) is 0 Å². The van der Waals surface area contributed by atoms with E-state index in [-0.39, 0.29) is 35.0 Å². The van der Waals surface area contributed by atoms with Crippen molar-refractivity contribution in [3.8, 4) is 0 Å². The van der Waals surface area contributed by atoms with Crippen LogP contribution in [-0.4, -0.2) is 60.3 Å². The smallest absolute Gasteiger partial charge is 0.312 e. The molecule has 0 heterocycles.